The van der Waals surface area contributed by atoms with Crippen LogP contribution >= 0.6 is 23.2 Å². The molecule has 4 heteroatoms. The molecule has 2 nitrogen and oxygen atoms in total. The highest BCUT2D eigenvalue weighted by molar-refractivity contribution is 6.18. The third-order valence-corrected chi connectivity index (χ3v) is 3.48. The highest BCUT2D eigenvalue weighted by Gasteiger charge is 2.02. The van der Waals surface area contributed by atoms with Gasteiger partial charge in [-0.2, -0.15) is 0 Å². The van der Waals surface area contributed by atoms with E-state index >= 15 is 0 Å². The molecule has 0 heterocycles. The van der Waals surface area contributed by atoms with Crippen LogP contribution in [0.2, 0.25) is 0 Å². The fourth-order valence-corrected chi connectivity index (χ4v) is 2.39. The molecule has 0 spiro atoms. The summed E-state index contributed by atoms with van der Waals surface area (Å²) in [7, 11) is 0. The monoisotopic (exact) mass is 338 g/mol. The molecule has 0 saturated heterocycles. The van der Waals surface area contributed by atoms with Crippen molar-refractivity contribution in [3.05, 3.63) is 59.7 Å². The molecule has 0 aliphatic rings. The smallest absolute Gasteiger partial charge is 0.0717 e. The van der Waals surface area contributed by atoms with Crippen molar-refractivity contribution in [1.29, 1.82) is 0 Å². The van der Waals surface area contributed by atoms with E-state index in [1.165, 1.54) is 11.1 Å². The lowest BCUT2D eigenvalue weighted by molar-refractivity contribution is 0.135. The van der Waals surface area contributed by atoms with Crippen LogP contribution in [-0.4, -0.2) is 25.0 Å². The topological polar surface area (TPSA) is 18.5 Å². The Morgan fingerprint density at radius 3 is 1.55 bits per heavy atom. The van der Waals surface area contributed by atoms with Crippen molar-refractivity contribution in [3.63, 3.8) is 0 Å². The standard InChI is InChI=1S/C18H20Cl2O2/c19-7-9-21-13-15-3-1-5-17(11-15)18-6-2-4-16(12-18)14-22-10-8-20/h1-6,11-12H,7-10,13-14H2. The van der Waals surface area contributed by atoms with Gasteiger partial charge in [0.1, 0.15) is 0 Å². The molecule has 0 saturated carbocycles. The maximum Gasteiger partial charge on any atom is 0.0717 e. The molecule has 0 fully saturated rings. The second kappa shape index (κ2) is 9.86. The molecule has 0 radical (unpaired) electrons. The van der Waals surface area contributed by atoms with Gasteiger partial charge in [-0.3, -0.25) is 0 Å². The third-order valence-electron chi connectivity index (χ3n) is 3.17. The van der Waals surface area contributed by atoms with Crippen molar-refractivity contribution >= 4 is 23.2 Å². The molecule has 0 atom stereocenters. The van der Waals surface area contributed by atoms with Crippen molar-refractivity contribution in [1.82, 2.24) is 0 Å². The molecular formula is C18H20Cl2O2. The molecule has 0 aliphatic heterocycles. The SMILES string of the molecule is ClCCOCc1cccc(-c2cccc(COCCCl)c2)c1. The average molecular weight is 339 g/mol. The minimum Gasteiger partial charge on any atom is -0.376 e. The summed E-state index contributed by atoms with van der Waals surface area (Å²) in [5, 5.41) is 0. The summed E-state index contributed by atoms with van der Waals surface area (Å²) < 4.78 is 11.0. The van der Waals surface area contributed by atoms with E-state index < -0.39 is 0 Å². The summed E-state index contributed by atoms with van der Waals surface area (Å²) in [6, 6.07) is 16.7. The van der Waals surface area contributed by atoms with Gasteiger partial charge in [0.25, 0.3) is 0 Å². The molecule has 0 aromatic heterocycles. The van der Waals surface area contributed by atoms with E-state index in [4.69, 9.17) is 32.7 Å². The first-order valence-corrected chi connectivity index (χ1v) is 8.36. The van der Waals surface area contributed by atoms with Crippen LogP contribution in [0.25, 0.3) is 11.1 Å². The molecule has 118 valence electrons. The first-order chi connectivity index (χ1) is 10.8. The van der Waals surface area contributed by atoms with Gasteiger partial charge in [-0.05, 0) is 34.4 Å². The van der Waals surface area contributed by atoms with Crippen LogP contribution in [0.15, 0.2) is 48.5 Å². The van der Waals surface area contributed by atoms with Crippen LogP contribution in [-0.2, 0) is 22.7 Å². The fraction of sp³-hybridized carbons (Fsp3) is 0.333. The normalized spacial score (nSPS) is 10.8. The summed E-state index contributed by atoms with van der Waals surface area (Å²) in [5.74, 6) is 1.04. The van der Waals surface area contributed by atoms with E-state index in [2.05, 4.69) is 36.4 Å². The number of rotatable bonds is 9. The predicted octanol–water partition coefficient (Wildman–Crippen LogP) is 4.86. The number of hydrogen-bond acceptors (Lipinski definition) is 2. The summed E-state index contributed by atoms with van der Waals surface area (Å²) in [6.45, 7) is 2.30. The summed E-state index contributed by atoms with van der Waals surface area (Å²) in [4.78, 5) is 0. The van der Waals surface area contributed by atoms with Gasteiger partial charge in [-0.1, -0.05) is 36.4 Å². The van der Waals surface area contributed by atoms with E-state index in [-0.39, 0.29) is 0 Å². The Labute approximate surface area is 142 Å². The Morgan fingerprint density at radius 2 is 1.14 bits per heavy atom. The highest BCUT2D eigenvalue weighted by Crippen LogP contribution is 2.22. The molecule has 0 unspecified atom stereocenters. The Hall–Kier alpha value is -1.06. The van der Waals surface area contributed by atoms with E-state index in [0.717, 1.165) is 11.1 Å². The molecule has 0 amide bonds. The van der Waals surface area contributed by atoms with Crippen LogP contribution < -0.4 is 0 Å². The first-order valence-electron chi connectivity index (χ1n) is 7.29. The summed E-state index contributed by atoms with van der Waals surface area (Å²) in [5.41, 5.74) is 4.63. The van der Waals surface area contributed by atoms with Gasteiger partial charge in [0, 0.05) is 11.8 Å². The van der Waals surface area contributed by atoms with Crippen LogP contribution in [0.4, 0.5) is 0 Å². The van der Waals surface area contributed by atoms with Gasteiger partial charge in [-0.25, -0.2) is 0 Å². The van der Waals surface area contributed by atoms with Gasteiger partial charge in [0.05, 0.1) is 26.4 Å². The maximum absolute atomic E-state index is 5.62. The van der Waals surface area contributed by atoms with Crippen molar-refractivity contribution in [2.45, 2.75) is 13.2 Å². The van der Waals surface area contributed by atoms with Crippen molar-refractivity contribution in [2.24, 2.45) is 0 Å². The zero-order chi connectivity index (χ0) is 15.6. The lowest BCUT2D eigenvalue weighted by atomic mass is 10.0. The van der Waals surface area contributed by atoms with Gasteiger partial charge in [0.2, 0.25) is 0 Å². The minimum atomic E-state index is 0.518. The Bertz CT molecular complexity index is 521. The highest BCUT2D eigenvalue weighted by atomic mass is 35.5. The van der Waals surface area contributed by atoms with Crippen LogP contribution in [0, 0.1) is 0 Å². The molecule has 0 N–H and O–H groups in total. The first kappa shape index (κ1) is 17.3. The van der Waals surface area contributed by atoms with E-state index in [9.17, 15) is 0 Å². The Balaban J connectivity index is 2.07. The van der Waals surface area contributed by atoms with Crippen molar-refractivity contribution in [3.8, 4) is 11.1 Å². The number of benzene rings is 2. The predicted molar refractivity (Wildman–Crippen MR) is 92.6 cm³/mol. The molecule has 22 heavy (non-hydrogen) atoms. The number of alkyl halides is 2. The van der Waals surface area contributed by atoms with Crippen molar-refractivity contribution < 1.29 is 9.47 Å². The number of ether oxygens (including phenoxy) is 2. The number of halogens is 2. The Morgan fingerprint density at radius 1 is 0.682 bits per heavy atom. The van der Waals surface area contributed by atoms with E-state index in [0.29, 0.717) is 38.2 Å². The second-order valence-electron chi connectivity index (χ2n) is 4.88. The molecule has 2 aromatic rings. The van der Waals surface area contributed by atoms with Gasteiger partial charge in [0.15, 0.2) is 0 Å². The molecule has 2 aromatic carbocycles. The molecule has 0 bridgehead atoms. The number of hydrogen-bond donors (Lipinski definition) is 0. The molecule has 0 aliphatic carbocycles. The average Bonchev–Trinajstić information content (AvgIpc) is 2.56. The van der Waals surface area contributed by atoms with Gasteiger partial charge in [-0.15, -0.1) is 23.2 Å². The molecular weight excluding hydrogens is 319 g/mol. The quantitative estimate of drug-likeness (QED) is 0.480. The molecule has 2 rings (SSSR count). The fourth-order valence-electron chi connectivity index (χ4n) is 2.17. The minimum absolute atomic E-state index is 0.518. The van der Waals surface area contributed by atoms with Crippen LogP contribution in [0.3, 0.4) is 0 Å². The van der Waals surface area contributed by atoms with Crippen LogP contribution in [0.5, 0.6) is 0 Å². The zero-order valence-electron chi connectivity index (χ0n) is 12.4. The summed E-state index contributed by atoms with van der Waals surface area (Å²) in [6.07, 6.45) is 0. The summed E-state index contributed by atoms with van der Waals surface area (Å²) >= 11 is 11.2. The largest absolute Gasteiger partial charge is 0.376 e. The second-order valence-corrected chi connectivity index (χ2v) is 5.64. The zero-order valence-corrected chi connectivity index (χ0v) is 13.9. The van der Waals surface area contributed by atoms with Crippen LogP contribution in [0.1, 0.15) is 11.1 Å². The lowest BCUT2D eigenvalue weighted by Crippen LogP contribution is -1.97. The maximum atomic E-state index is 5.62. The van der Waals surface area contributed by atoms with E-state index in [1.54, 1.807) is 0 Å². The third kappa shape index (κ3) is 5.62. The van der Waals surface area contributed by atoms with Gasteiger partial charge >= 0.3 is 0 Å². The lowest BCUT2D eigenvalue weighted by Gasteiger charge is -2.08. The van der Waals surface area contributed by atoms with Crippen molar-refractivity contribution in [2.75, 3.05) is 25.0 Å². The van der Waals surface area contributed by atoms with E-state index in [1.807, 2.05) is 12.1 Å². The van der Waals surface area contributed by atoms with Gasteiger partial charge < -0.3 is 9.47 Å². The Kier molecular flexibility index (Phi) is 7.75.